The normalized spacial score (nSPS) is 33.1. The third-order valence-corrected chi connectivity index (χ3v) is 8.26. The smallest absolute Gasteiger partial charge is 0.353 e. The van der Waals surface area contributed by atoms with E-state index in [0.29, 0.717) is 12.0 Å². The van der Waals surface area contributed by atoms with E-state index in [9.17, 15) is 24.9 Å². The van der Waals surface area contributed by atoms with Gasteiger partial charge in [0.15, 0.2) is 0 Å². The fourth-order valence-electron chi connectivity index (χ4n) is 5.18. The SMILES string of the molecule is C[C@@H](O)[C@H]1C(=O)N2C(C(=O)O)=C(S[C@@H]3CN[C@H](C(CCO)CCN(C)C)C3)[C@H](C)[C@H]12. The Balaban J connectivity index is 1.70. The minimum absolute atomic E-state index is 0.0978. The van der Waals surface area contributed by atoms with Gasteiger partial charge in [0.1, 0.15) is 5.70 Å². The summed E-state index contributed by atoms with van der Waals surface area (Å²) in [6.07, 6.45) is 1.88. The molecule has 170 valence electrons. The summed E-state index contributed by atoms with van der Waals surface area (Å²) < 4.78 is 0. The standard InChI is InChI=1S/C21H35N3O5S/c1-11-17-16(12(2)26)20(27)24(17)18(21(28)29)19(11)30-14-9-15(22-10-14)13(6-8-25)5-7-23(3)4/h11-17,22,25-26H,5-10H2,1-4H3,(H,28,29)/t11-,12-,13?,14+,15+,16-,17-/m1/s1. The van der Waals surface area contributed by atoms with Crippen LogP contribution in [0.3, 0.4) is 0 Å². The number of fused-ring (bicyclic) bond motifs is 1. The maximum atomic E-state index is 12.5. The number of carbonyl (C=O) groups is 2. The predicted octanol–water partition coefficient (Wildman–Crippen LogP) is 0.554. The summed E-state index contributed by atoms with van der Waals surface area (Å²) in [5.74, 6) is -1.61. The van der Waals surface area contributed by atoms with E-state index in [4.69, 9.17) is 0 Å². The number of carboxylic acids is 1. The number of amides is 1. The van der Waals surface area contributed by atoms with Crippen LogP contribution in [0, 0.1) is 17.8 Å². The van der Waals surface area contributed by atoms with Gasteiger partial charge in [-0.05, 0) is 52.7 Å². The molecule has 0 aromatic rings. The number of rotatable bonds is 10. The second-order valence-electron chi connectivity index (χ2n) is 9.13. The highest BCUT2D eigenvalue weighted by molar-refractivity contribution is 8.03. The summed E-state index contributed by atoms with van der Waals surface area (Å²) in [7, 11) is 4.09. The number of thioether (sulfide) groups is 1. The largest absolute Gasteiger partial charge is 0.477 e. The van der Waals surface area contributed by atoms with Gasteiger partial charge in [-0.25, -0.2) is 4.79 Å². The topological polar surface area (TPSA) is 113 Å². The molecule has 2 saturated heterocycles. The summed E-state index contributed by atoms with van der Waals surface area (Å²) in [6.45, 7) is 5.47. The van der Waals surface area contributed by atoms with Crippen LogP contribution in [0.4, 0.5) is 0 Å². The lowest BCUT2D eigenvalue weighted by molar-refractivity contribution is -0.163. The summed E-state index contributed by atoms with van der Waals surface area (Å²) >= 11 is 1.57. The highest BCUT2D eigenvalue weighted by atomic mass is 32.2. The molecule has 3 rings (SSSR count). The molecule has 0 aromatic heterocycles. The van der Waals surface area contributed by atoms with Crippen LogP contribution in [0.5, 0.6) is 0 Å². The van der Waals surface area contributed by atoms with Crippen molar-refractivity contribution < 1.29 is 24.9 Å². The fraction of sp³-hybridized carbons (Fsp3) is 0.810. The van der Waals surface area contributed by atoms with E-state index < -0.39 is 18.0 Å². The van der Waals surface area contributed by atoms with E-state index in [2.05, 4.69) is 10.2 Å². The van der Waals surface area contributed by atoms with E-state index in [0.717, 1.165) is 37.3 Å². The van der Waals surface area contributed by atoms with Crippen LogP contribution in [0.2, 0.25) is 0 Å². The molecule has 4 N–H and O–H groups in total. The highest BCUT2D eigenvalue weighted by Crippen LogP contribution is 2.52. The lowest BCUT2D eigenvalue weighted by Gasteiger charge is -2.46. The molecule has 0 spiro atoms. The maximum absolute atomic E-state index is 12.5. The zero-order chi connectivity index (χ0) is 22.2. The molecule has 3 heterocycles. The van der Waals surface area contributed by atoms with E-state index >= 15 is 0 Å². The zero-order valence-corrected chi connectivity index (χ0v) is 19.1. The molecule has 0 aromatic carbocycles. The first-order chi connectivity index (χ1) is 14.2. The second kappa shape index (κ2) is 9.56. The summed E-state index contributed by atoms with van der Waals surface area (Å²) in [4.78, 5) is 28.8. The van der Waals surface area contributed by atoms with Crippen LogP contribution in [-0.4, -0.2) is 94.2 Å². The van der Waals surface area contributed by atoms with Gasteiger partial charge in [-0.1, -0.05) is 6.92 Å². The first kappa shape index (κ1) is 23.5. The van der Waals surface area contributed by atoms with E-state index in [1.165, 1.54) is 4.90 Å². The second-order valence-corrected chi connectivity index (χ2v) is 10.5. The van der Waals surface area contributed by atoms with Gasteiger partial charge in [0.25, 0.3) is 0 Å². The van der Waals surface area contributed by atoms with Gasteiger partial charge in [0, 0.05) is 35.3 Å². The number of β-lactam (4-membered cyclic amide) rings is 1. The van der Waals surface area contributed by atoms with Gasteiger partial charge < -0.3 is 30.4 Å². The molecular formula is C21H35N3O5S. The minimum atomic E-state index is -1.07. The number of carbonyl (C=O) groups excluding carboxylic acids is 1. The molecule has 0 aliphatic carbocycles. The minimum Gasteiger partial charge on any atom is -0.477 e. The Morgan fingerprint density at radius 1 is 1.37 bits per heavy atom. The maximum Gasteiger partial charge on any atom is 0.353 e. The zero-order valence-electron chi connectivity index (χ0n) is 18.2. The number of carboxylic acid groups (broad SMARTS) is 1. The Morgan fingerprint density at radius 3 is 2.63 bits per heavy atom. The van der Waals surface area contributed by atoms with Crippen molar-refractivity contribution in [2.45, 2.75) is 56.5 Å². The van der Waals surface area contributed by atoms with Crippen LogP contribution < -0.4 is 5.32 Å². The number of nitrogens with zero attached hydrogens (tertiary/aromatic N) is 2. The van der Waals surface area contributed by atoms with E-state index in [1.807, 2.05) is 21.0 Å². The number of aliphatic hydroxyl groups excluding tert-OH is 2. The van der Waals surface area contributed by atoms with Gasteiger partial charge in [-0.15, -0.1) is 11.8 Å². The van der Waals surface area contributed by atoms with E-state index in [1.54, 1.807) is 18.7 Å². The molecule has 2 fully saturated rings. The average Bonchev–Trinajstić information content (AvgIpc) is 3.21. The van der Waals surface area contributed by atoms with E-state index in [-0.39, 0.29) is 35.4 Å². The lowest BCUT2D eigenvalue weighted by Crippen LogP contribution is -2.63. The molecule has 30 heavy (non-hydrogen) atoms. The number of hydrogen-bond donors (Lipinski definition) is 4. The molecular weight excluding hydrogens is 406 g/mol. The van der Waals surface area contributed by atoms with Crippen molar-refractivity contribution in [3.05, 3.63) is 10.6 Å². The van der Waals surface area contributed by atoms with Crippen molar-refractivity contribution in [1.29, 1.82) is 0 Å². The Morgan fingerprint density at radius 2 is 2.07 bits per heavy atom. The molecule has 9 heteroatoms. The molecule has 0 radical (unpaired) electrons. The number of aliphatic carboxylic acids is 1. The van der Waals surface area contributed by atoms with Gasteiger partial charge in [0.05, 0.1) is 18.1 Å². The Kier molecular flexibility index (Phi) is 7.50. The van der Waals surface area contributed by atoms with Crippen molar-refractivity contribution in [3.8, 4) is 0 Å². The number of aliphatic hydroxyl groups is 2. The van der Waals surface area contributed by atoms with Crippen LogP contribution in [-0.2, 0) is 9.59 Å². The van der Waals surface area contributed by atoms with Gasteiger partial charge in [0.2, 0.25) is 5.91 Å². The quantitative estimate of drug-likeness (QED) is 0.364. The molecule has 0 saturated carbocycles. The number of nitrogens with one attached hydrogen (secondary N) is 1. The molecule has 3 aliphatic rings. The first-order valence-electron chi connectivity index (χ1n) is 10.8. The van der Waals surface area contributed by atoms with Crippen LogP contribution in [0.15, 0.2) is 10.6 Å². The van der Waals surface area contributed by atoms with Crippen molar-refractivity contribution in [1.82, 2.24) is 15.1 Å². The van der Waals surface area contributed by atoms with Gasteiger partial charge in [-0.3, -0.25) is 4.79 Å². The Hall–Kier alpha value is -1.13. The summed E-state index contributed by atoms with van der Waals surface area (Å²) in [6, 6.07) is 0.0301. The van der Waals surface area contributed by atoms with Crippen molar-refractivity contribution in [2.24, 2.45) is 17.8 Å². The van der Waals surface area contributed by atoms with Gasteiger partial charge >= 0.3 is 5.97 Å². The first-order valence-corrected chi connectivity index (χ1v) is 11.7. The summed E-state index contributed by atoms with van der Waals surface area (Å²) in [5, 5.41) is 33.1. The molecule has 7 atom stereocenters. The van der Waals surface area contributed by atoms with Gasteiger partial charge in [-0.2, -0.15) is 0 Å². The van der Waals surface area contributed by atoms with Crippen molar-refractivity contribution in [2.75, 3.05) is 33.8 Å². The third kappa shape index (κ3) is 4.41. The highest BCUT2D eigenvalue weighted by Gasteiger charge is 2.60. The summed E-state index contributed by atoms with van der Waals surface area (Å²) in [5.41, 5.74) is 0.0994. The lowest BCUT2D eigenvalue weighted by atomic mass is 9.79. The third-order valence-electron chi connectivity index (χ3n) is 6.75. The van der Waals surface area contributed by atoms with Crippen LogP contribution in [0.1, 0.15) is 33.1 Å². The molecule has 8 nitrogen and oxygen atoms in total. The van der Waals surface area contributed by atoms with Crippen molar-refractivity contribution >= 4 is 23.6 Å². The van der Waals surface area contributed by atoms with Crippen LogP contribution in [0.25, 0.3) is 0 Å². The predicted molar refractivity (Wildman–Crippen MR) is 116 cm³/mol. The Bertz CT molecular complexity index is 698. The van der Waals surface area contributed by atoms with Crippen LogP contribution >= 0.6 is 11.8 Å². The molecule has 1 unspecified atom stereocenters. The average molecular weight is 442 g/mol. The fourth-order valence-corrected chi connectivity index (χ4v) is 6.67. The molecule has 3 aliphatic heterocycles. The Labute approximate surface area is 182 Å². The molecule has 1 amide bonds. The number of hydrogen-bond acceptors (Lipinski definition) is 7. The monoisotopic (exact) mass is 441 g/mol. The van der Waals surface area contributed by atoms with Crippen molar-refractivity contribution in [3.63, 3.8) is 0 Å². The molecule has 0 bridgehead atoms.